The lowest BCUT2D eigenvalue weighted by molar-refractivity contribution is -0.140. The van der Waals surface area contributed by atoms with Crippen molar-refractivity contribution in [2.24, 2.45) is 5.92 Å². The van der Waals surface area contributed by atoms with Gasteiger partial charge in [-0.1, -0.05) is 0 Å². The zero-order chi connectivity index (χ0) is 33.2. The highest BCUT2D eigenvalue weighted by molar-refractivity contribution is 5.92. The number of alkyl halides is 1. The molecule has 7 rings (SSSR count). The van der Waals surface area contributed by atoms with Crippen LogP contribution in [0.2, 0.25) is 0 Å². The van der Waals surface area contributed by atoms with Crippen LogP contribution in [0.4, 0.5) is 21.7 Å². The second-order valence-electron chi connectivity index (χ2n) is 12.7. The van der Waals surface area contributed by atoms with Gasteiger partial charge in [-0.2, -0.15) is 10.2 Å². The molecule has 1 aromatic heterocycles. The fraction of sp³-hybridized carbons (Fsp3) is 0.471. The summed E-state index contributed by atoms with van der Waals surface area (Å²) in [6.07, 6.45) is -1.80. The predicted octanol–water partition coefficient (Wildman–Crippen LogP) is 2.33. The number of halogens is 1. The van der Waals surface area contributed by atoms with Crippen molar-refractivity contribution in [3.63, 3.8) is 0 Å². The topological polar surface area (TPSA) is 157 Å². The van der Waals surface area contributed by atoms with Gasteiger partial charge in [-0.05, 0) is 48.9 Å². The van der Waals surface area contributed by atoms with Gasteiger partial charge in [-0.3, -0.25) is 14.5 Å². The third-order valence-electron chi connectivity index (χ3n) is 9.62. The molecule has 0 radical (unpaired) electrons. The Labute approximate surface area is 277 Å². The number of amides is 1. The van der Waals surface area contributed by atoms with Crippen LogP contribution in [0.1, 0.15) is 24.8 Å². The van der Waals surface area contributed by atoms with Gasteiger partial charge in [-0.15, -0.1) is 0 Å². The van der Waals surface area contributed by atoms with Crippen molar-refractivity contribution < 1.29 is 28.6 Å². The Hall–Kier alpha value is -4.71. The Morgan fingerprint density at radius 2 is 1.88 bits per heavy atom. The smallest absolute Gasteiger partial charge is 0.230 e. The number of nitrogens with zero attached hydrogens (tertiary/aromatic N) is 7. The van der Waals surface area contributed by atoms with Gasteiger partial charge in [0, 0.05) is 68.4 Å². The molecule has 3 aliphatic heterocycles. The van der Waals surface area contributed by atoms with E-state index in [1.807, 2.05) is 12.1 Å². The summed E-state index contributed by atoms with van der Waals surface area (Å²) in [5, 5.41) is 22.8. The minimum Gasteiger partial charge on any atom is -0.486 e. The number of nitriles is 1. The first-order valence-corrected chi connectivity index (χ1v) is 16.3. The zero-order valence-corrected chi connectivity index (χ0v) is 26.4. The van der Waals surface area contributed by atoms with Crippen molar-refractivity contribution in [2.45, 2.75) is 43.7 Å². The molecule has 1 saturated carbocycles. The molecule has 48 heavy (non-hydrogen) atoms. The summed E-state index contributed by atoms with van der Waals surface area (Å²) in [5.41, 5.74) is 2.75. The predicted molar refractivity (Wildman–Crippen MR) is 172 cm³/mol. The van der Waals surface area contributed by atoms with Crippen LogP contribution in [0.25, 0.3) is 11.4 Å². The lowest BCUT2D eigenvalue weighted by atomic mass is 10.0. The van der Waals surface area contributed by atoms with Gasteiger partial charge in [0.25, 0.3) is 0 Å². The van der Waals surface area contributed by atoms with Crippen molar-refractivity contribution in [2.75, 3.05) is 62.7 Å². The standard InChI is InChI=1S/C34H37FN8O5/c35-27-17-43(33(46)22-14-28(44)29(45)15-22)8-7-31(27)48-30-6-1-21(13-23(30)16-36)32-37-20-38-34(40-32)39-24-2-4-25(5-3-24)41-9-11-42(12-10-41)26-18-47-19-26/h1-6,13,20,22,26-28,31,44H,7-12,14-15,17-19H2,(H,37,38,39,40)/t22-,27-,28-,31+/m1/s1. The minimum atomic E-state index is -1.49. The Balaban J connectivity index is 0.953. The Morgan fingerprint density at radius 3 is 2.54 bits per heavy atom. The number of ketones is 1. The molecule has 250 valence electrons. The summed E-state index contributed by atoms with van der Waals surface area (Å²) in [6.45, 7) is 5.75. The fourth-order valence-corrected chi connectivity index (χ4v) is 6.71. The molecule has 1 amide bonds. The fourth-order valence-electron chi connectivity index (χ4n) is 6.71. The summed E-state index contributed by atoms with van der Waals surface area (Å²) < 4.78 is 26.5. The first-order chi connectivity index (χ1) is 23.3. The third kappa shape index (κ3) is 6.80. The van der Waals surface area contributed by atoms with Crippen LogP contribution in [0.5, 0.6) is 5.75 Å². The number of anilines is 3. The number of aromatic nitrogens is 3. The van der Waals surface area contributed by atoms with Gasteiger partial charge in [0.2, 0.25) is 11.9 Å². The molecule has 4 aliphatic rings. The number of ether oxygens (including phenoxy) is 2. The Kier molecular flexibility index (Phi) is 9.16. The highest BCUT2D eigenvalue weighted by Crippen LogP contribution is 2.31. The lowest BCUT2D eigenvalue weighted by Gasteiger charge is -2.43. The van der Waals surface area contributed by atoms with Gasteiger partial charge in [-0.25, -0.2) is 14.4 Å². The van der Waals surface area contributed by atoms with Crippen LogP contribution >= 0.6 is 0 Å². The summed E-state index contributed by atoms with van der Waals surface area (Å²) in [5.74, 6) is -0.370. The molecule has 1 aliphatic carbocycles. The van der Waals surface area contributed by atoms with Crippen LogP contribution in [-0.4, -0.2) is 118 Å². The molecule has 4 heterocycles. The maximum Gasteiger partial charge on any atom is 0.230 e. The monoisotopic (exact) mass is 656 g/mol. The summed E-state index contributed by atoms with van der Waals surface area (Å²) in [4.78, 5) is 43.8. The summed E-state index contributed by atoms with van der Waals surface area (Å²) >= 11 is 0. The Morgan fingerprint density at radius 1 is 1.08 bits per heavy atom. The van der Waals surface area contributed by atoms with Gasteiger partial charge >= 0.3 is 0 Å². The number of benzene rings is 2. The van der Waals surface area contributed by atoms with Crippen molar-refractivity contribution in [3.8, 4) is 23.2 Å². The molecule has 4 atom stereocenters. The van der Waals surface area contributed by atoms with E-state index in [0.29, 0.717) is 23.4 Å². The molecule has 13 nitrogen and oxygen atoms in total. The average Bonchev–Trinajstić information content (AvgIpc) is 3.43. The van der Waals surface area contributed by atoms with E-state index < -0.39 is 24.3 Å². The van der Waals surface area contributed by atoms with Crippen LogP contribution in [0, 0.1) is 17.2 Å². The number of carbonyl (C=O) groups excluding carboxylic acids is 2. The van der Waals surface area contributed by atoms with Crippen LogP contribution in [0.3, 0.4) is 0 Å². The SMILES string of the molecule is N#Cc1cc(-c2ncnc(Nc3ccc(N4CCN(C5COC5)CC4)cc3)n2)ccc1O[C@H]1CCN(C(=O)[C@H]2CC(=O)[C@H](O)C2)C[C@H]1F. The van der Waals surface area contributed by atoms with Gasteiger partial charge in [0.1, 0.15) is 30.4 Å². The highest BCUT2D eigenvalue weighted by atomic mass is 19.1. The molecule has 3 saturated heterocycles. The van der Waals surface area contributed by atoms with E-state index >= 15 is 4.39 Å². The number of piperazine rings is 1. The van der Waals surface area contributed by atoms with Gasteiger partial charge in [0.05, 0.1) is 31.4 Å². The van der Waals surface area contributed by atoms with Gasteiger partial charge in [0.15, 0.2) is 17.8 Å². The number of Topliss-reactive ketones (excluding diaryl/α,β-unsaturated/α-hetero) is 1. The molecule has 0 bridgehead atoms. The molecular weight excluding hydrogens is 619 g/mol. The lowest BCUT2D eigenvalue weighted by Crippen LogP contribution is -2.56. The minimum absolute atomic E-state index is 0.0212. The van der Waals surface area contributed by atoms with Gasteiger partial charge < -0.3 is 29.7 Å². The number of rotatable bonds is 8. The van der Waals surface area contributed by atoms with E-state index in [9.17, 15) is 20.0 Å². The first-order valence-electron chi connectivity index (χ1n) is 16.3. The zero-order valence-electron chi connectivity index (χ0n) is 26.4. The Bertz CT molecular complexity index is 1690. The van der Waals surface area contributed by atoms with E-state index in [1.165, 1.54) is 11.2 Å². The number of hydrogen-bond donors (Lipinski definition) is 2. The van der Waals surface area contributed by atoms with Crippen molar-refractivity contribution in [1.82, 2.24) is 24.8 Å². The van der Waals surface area contributed by atoms with E-state index in [-0.39, 0.29) is 55.4 Å². The average molecular weight is 657 g/mol. The van der Waals surface area contributed by atoms with E-state index in [1.54, 1.807) is 18.2 Å². The van der Waals surface area contributed by atoms with Crippen LogP contribution < -0.4 is 15.0 Å². The third-order valence-corrected chi connectivity index (χ3v) is 9.62. The molecule has 4 fully saturated rings. The summed E-state index contributed by atoms with van der Waals surface area (Å²) in [6, 6.07) is 15.7. The molecule has 2 aromatic carbocycles. The van der Waals surface area contributed by atoms with Crippen LogP contribution in [-0.2, 0) is 14.3 Å². The number of aliphatic hydroxyl groups excluding tert-OH is 1. The second kappa shape index (κ2) is 13.8. The summed E-state index contributed by atoms with van der Waals surface area (Å²) in [7, 11) is 0. The number of aliphatic hydroxyl groups is 1. The number of likely N-dealkylation sites (tertiary alicyclic amines) is 1. The van der Waals surface area contributed by atoms with Crippen molar-refractivity contribution >= 4 is 29.0 Å². The molecule has 14 heteroatoms. The molecule has 0 unspecified atom stereocenters. The van der Waals surface area contributed by atoms with Crippen molar-refractivity contribution in [3.05, 3.63) is 54.4 Å². The number of nitrogens with one attached hydrogen (secondary N) is 1. The normalized spacial score (nSPS) is 25.0. The second-order valence-corrected chi connectivity index (χ2v) is 12.7. The van der Waals surface area contributed by atoms with E-state index in [4.69, 9.17) is 9.47 Å². The largest absolute Gasteiger partial charge is 0.486 e. The molecule has 0 spiro atoms. The quantitative estimate of drug-likeness (QED) is 0.365. The van der Waals surface area contributed by atoms with E-state index in [2.05, 4.69) is 48.3 Å². The number of hydrogen-bond acceptors (Lipinski definition) is 12. The molecular formula is C34H37FN8O5. The highest BCUT2D eigenvalue weighted by Gasteiger charge is 2.41. The first kappa shape index (κ1) is 31.9. The molecule has 2 N–H and O–H groups in total. The maximum absolute atomic E-state index is 15.2. The molecule has 3 aromatic rings. The van der Waals surface area contributed by atoms with Crippen LogP contribution in [0.15, 0.2) is 48.8 Å². The van der Waals surface area contributed by atoms with Crippen molar-refractivity contribution in [1.29, 1.82) is 5.26 Å². The maximum atomic E-state index is 15.2. The van der Waals surface area contributed by atoms with E-state index in [0.717, 1.165) is 50.8 Å². The number of piperidine rings is 1. The number of carbonyl (C=O) groups is 2.